The van der Waals surface area contributed by atoms with E-state index in [1.807, 2.05) is 0 Å². The van der Waals surface area contributed by atoms with E-state index >= 15 is 0 Å². The van der Waals surface area contributed by atoms with E-state index in [2.05, 4.69) is 208 Å². The smallest absolute Gasteiger partial charge is 0.0597 e. The third kappa shape index (κ3) is 5.35. The molecular weight excluding hydrogens is 681 g/mol. The lowest BCUT2D eigenvalue weighted by molar-refractivity contribution is 0.842. The summed E-state index contributed by atoms with van der Waals surface area (Å²) in [5, 5.41) is 4.82. The highest BCUT2D eigenvalue weighted by molar-refractivity contribution is 5.92. The lowest BCUT2D eigenvalue weighted by atomic mass is 9.93. The predicted octanol–water partition coefficient (Wildman–Crippen LogP) is 9.59. The van der Waals surface area contributed by atoms with Crippen molar-refractivity contribution in [2.45, 2.75) is 48.5 Å². The maximum Gasteiger partial charge on any atom is 0.0597 e. The second kappa shape index (κ2) is 13.6. The number of hydrogen-bond donors (Lipinski definition) is 2. The second-order valence-corrected chi connectivity index (χ2v) is 15.4. The molecule has 9 rings (SSSR count). The van der Waals surface area contributed by atoms with E-state index in [0.717, 1.165) is 39.2 Å². The molecule has 0 fully saturated rings. The molecule has 0 saturated carbocycles. The monoisotopic (exact) mass is 728 g/mol. The summed E-state index contributed by atoms with van der Waals surface area (Å²) < 4.78 is 4.93. The minimum atomic E-state index is 1.09. The topological polar surface area (TPSA) is 41.4 Å². The summed E-state index contributed by atoms with van der Waals surface area (Å²) in [4.78, 5) is 8.05. The van der Waals surface area contributed by atoms with Gasteiger partial charge < -0.3 is 19.1 Å². The SMILES string of the molecule is CC1=c2c(C)c(C)c(n2C)=C(C)c2[nH]c(c(-c3ccccc3)c2C)C(C)=c2c(-c3ccccc3)c(-c3ccccc3)c(n2-c2ccccc2)=C(C)c2ccc1[nH]2. The lowest BCUT2D eigenvalue weighted by Gasteiger charge is -2.12. The van der Waals surface area contributed by atoms with Gasteiger partial charge in [-0.3, -0.25) is 0 Å². The number of hydrogen-bond acceptors (Lipinski definition) is 0. The molecule has 0 saturated heterocycles. The van der Waals surface area contributed by atoms with Crippen LogP contribution in [-0.4, -0.2) is 19.1 Å². The van der Waals surface area contributed by atoms with Gasteiger partial charge in [-0.2, -0.15) is 0 Å². The Hall–Kier alpha value is -6.52. The van der Waals surface area contributed by atoms with Gasteiger partial charge in [-0.15, -0.1) is 0 Å². The zero-order chi connectivity index (χ0) is 38.8. The summed E-state index contributed by atoms with van der Waals surface area (Å²) in [6, 6.07) is 48.2. The number of fused-ring (bicyclic) bond motifs is 8. The summed E-state index contributed by atoms with van der Waals surface area (Å²) in [6.45, 7) is 16.0. The maximum absolute atomic E-state index is 4.12. The van der Waals surface area contributed by atoms with Crippen molar-refractivity contribution in [2.24, 2.45) is 7.05 Å². The second-order valence-electron chi connectivity index (χ2n) is 15.4. The number of aromatic amines is 2. The van der Waals surface area contributed by atoms with Crippen molar-refractivity contribution in [1.82, 2.24) is 19.1 Å². The molecule has 0 spiro atoms. The first-order valence-electron chi connectivity index (χ1n) is 19.6. The number of benzene rings is 4. The number of nitrogens with zero attached hydrogens (tertiary/aromatic N) is 2. The van der Waals surface area contributed by atoms with E-state index in [1.165, 1.54) is 83.1 Å². The van der Waals surface area contributed by atoms with Crippen LogP contribution in [-0.2, 0) is 7.05 Å². The van der Waals surface area contributed by atoms with Crippen molar-refractivity contribution in [3.05, 3.63) is 194 Å². The predicted molar refractivity (Wildman–Crippen MR) is 235 cm³/mol. The fourth-order valence-electron chi connectivity index (χ4n) is 9.47. The number of nitrogens with one attached hydrogen (secondary N) is 2. The number of para-hydroxylation sites is 1. The van der Waals surface area contributed by atoms with Gasteiger partial charge in [0.2, 0.25) is 0 Å². The number of aromatic nitrogens is 4. The largest absolute Gasteiger partial charge is 0.355 e. The van der Waals surface area contributed by atoms with Crippen LogP contribution >= 0.6 is 0 Å². The molecule has 0 aliphatic carbocycles. The number of rotatable bonds is 4. The molecule has 0 atom stereocenters. The highest BCUT2D eigenvalue weighted by atomic mass is 15.0. The van der Waals surface area contributed by atoms with Crippen LogP contribution in [0.25, 0.3) is 61.4 Å². The molecule has 4 heteroatoms. The zero-order valence-electron chi connectivity index (χ0n) is 33.6. The van der Waals surface area contributed by atoms with Crippen LogP contribution in [0, 0.1) is 20.8 Å². The van der Waals surface area contributed by atoms with Crippen LogP contribution in [0.1, 0.15) is 67.2 Å². The molecular formula is C52H48N4. The van der Waals surface area contributed by atoms with Gasteiger partial charge in [-0.05, 0) is 128 Å². The van der Waals surface area contributed by atoms with E-state index in [-0.39, 0.29) is 0 Å². The molecule has 0 unspecified atom stereocenters. The Balaban J connectivity index is 1.63. The highest BCUT2D eigenvalue weighted by Gasteiger charge is 2.26. The van der Waals surface area contributed by atoms with Crippen LogP contribution in [0.3, 0.4) is 0 Å². The lowest BCUT2D eigenvalue weighted by Crippen LogP contribution is -2.29. The Morgan fingerprint density at radius 2 is 0.750 bits per heavy atom. The Labute approximate surface area is 329 Å². The van der Waals surface area contributed by atoms with Gasteiger partial charge in [0.05, 0.1) is 16.4 Å². The van der Waals surface area contributed by atoms with Crippen molar-refractivity contribution in [3.63, 3.8) is 0 Å². The van der Waals surface area contributed by atoms with E-state index in [1.54, 1.807) is 0 Å². The summed E-state index contributed by atoms with van der Waals surface area (Å²) in [5.41, 5.74) is 21.4. The summed E-state index contributed by atoms with van der Waals surface area (Å²) >= 11 is 0. The minimum Gasteiger partial charge on any atom is -0.355 e. The van der Waals surface area contributed by atoms with Crippen molar-refractivity contribution >= 4 is 22.3 Å². The van der Waals surface area contributed by atoms with Crippen LogP contribution < -0.4 is 21.4 Å². The van der Waals surface area contributed by atoms with Gasteiger partial charge in [-0.1, -0.05) is 109 Å². The molecule has 5 heterocycles. The number of H-pyrrole nitrogens is 2. The minimum absolute atomic E-state index is 1.09. The Bertz CT molecular complexity index is 3060. The molecule has 8 aromatic rings. The highest BCUT2D eigenvalue weighted by Crippen LogP contribution is 2.37. The molecule has 4 aromatic carbocycles. The first-order valence-corrected chi connectivity index (χ1v) is 19.6. The third-order valence-electron chi connectivity index (χ3n) is 12.2. The molecule has 2 N–H and O–H groups in total. The molecule has 4 nitrogen and oxygen atoms in total. The average molecular weight is 729 g/mol. The van der Waals surface area contributed by atoms with Crippen LogP contribution in [0.5, 0.6) is 0 Å². The van der Waals surface area contributed by atoms with Gasteiger partial charge >= 0.3 is 0 Å². The van der Waals surface area contributed by atoms with Gasteiger partial charge in [0.25, 0.3) is 0 Å². The summed E-state index contributed by atoms with van der Waals surface area (Å²) in [6.07, 6.45) is 0. The normalized spacial score (nSPS) is 12.9. The Kier molecular flexibility index (Phi) is 8.58. The van der Waals surface area contributed by atoms with Gasteiger partial charge in [0.1, 0.15) is 0 Å². The van der Waals surface area contributed by atoms with E-state index in [0.29, 0.717) is 0 Å². The van der Waals surface area contributed by atoms with Crippen molar-refractivity contribution < 1.29 is 0 Å². The first-order chi connectivity index (χ1) is 27.2. The van der Waals surface area contributed by atoms with Gasteiger partial charge in [-0.25, -0.2) is 0 Å². The van der Waals surface area contributed by atoms with Gasteiger partial charge in [0.15, 0.2) is 0 Å². The fourth-order valence-corrected chi connectivity index (χ4v) is 9.47. The zero-order valence-corrected chi connectivity index (χ0v) is 33.6. The van der Waals surface area contributed by atoms with Crippen molar-refractivity contribution in [1.29, 1.82) is 0 Å². The van der Waals surface area contributed by atoms with E-state index < -0.39 is 0 Å². The molecule has 0 radical (unpaired) electrons. The van der Waals surface area contributed by atoms with E-state index in [9.17, 15) is 0 Å². The quantitative estimate of drug-likeness (QED) is 0.181. The van der Waals surface area contributed by atoms with Crippen LogP contribution in [0.15, 0.2) is 133 Å². The Morgan fingerprint density at radius 3 is 1.25 bits per heavy atom. The molecule has 0 amide bonds. The molecule has 1 aliphatic heterocycles. The maximum atomic E-state index is 4.12. The fraction of sp³-hybridized carbons (Fsp3) is 0.154. The van der Waals surface area contributed by atoms with Crippen LogP contribution in [0.4, 0.5) is 0 Å². The van der Waals surface area contributed by atoms with Crippen molar-refractivity contribution in [3.8, 4) is 39.1 Å². The molecule has 1 aliphatic rings. The standard InChI is InChI=1S/C52H48N4/c1-31-32(2)50-36(6)47-35(5)44(38-21-13-9-14-22-38)48(54-47)37(7)52-46(40-25-17-11-18-26-40)45(39-23-15-10-16-24-39)51(56(52)41-27-19-12-20-28-41)34(4)43-30-29-42(53-43)33(3)49(31)55(50)8/h9-30,53-54H,1-8H3. The van der Waals surface area contributed by atoms with Gasteiger partial charge in [0, 0.05) is 57.2 Å². The van der Waals surface area contributed by atoms with E-state index in [4.69, 9.17) is 0 Å². The molecule has 276 valence electrons. The average Bonchev–Trinajstić information content (AvgIpc) is 4.00. The molecule has 56 heavy (non-hydrogen) atoms. The third-order valence-corrected chi connectivity index (χ3v) is 12.2. The molecule has 4 aromatic heterocycles. The summed E-state index contributed by atoms with van der Waals surface area (Å²) in [5.74, 6) is 0. The molecule has 8 bridgehead atoms. The summed E-state index contributed by atoms with van der Waals surface area (Å²) in [7, 11) is 2.22. The van der Waals surface area contributed by atoms with Crippen LogP contribution in [0.2, 0.25) is 0 Å². The first kappa shape index (κ1) is 35.2. The van der Waals surface area contributed by atoms with Crippen molar-refractivity contribution in [2.75, 3.05) is 0 Å². The Morgan fingerprint density at radius 1 is 0.357 bits per heavy atom.